The number of phenolic OH excluding ortho intramolecular Hbond substituents is 2. The van der Waals surface area contributed by atoms with Crippen LogP contribution >= 0.6 is 0 Å². The SMILES string of the molecule is CCCCCC(=O)c1cc(Oc2ccc(O)c(C(=O)CCCCC)c2)ccc1O. The second-order valence-electron chi connectivity index (χ2n) is 7.22. The van der Waals surface area contributed by atoms with Gasteiger partial charge < -0.3 is 14.9 Å². The topological polar surface area (TPSA) is 83.8 Å². The van der Waals surface area contributed by atoms with Crippen molar-refractivity contribution in [1.82, 2.24) is 0 Å². The second kappa shape index (κ2) is 11.2. The quantitative estimate of drug-likeness (QED) is 0.318. The molecule has 2 rings (SSSR count). The fourth-order valence-corrected chi connectivity index (χ4v) is 3.08. The molecule has 0 aromatic heterocycles. The largest absolute Gasteiger partial charge is 0.507 e. The predicted molar refractivity (Wildman–Crippen MR) is 113 cm³/mol. The van der Waals surface area contributed by atoms with Gasteiger partial charge >= 0.3 is 0 Å². The molecule has 5 nitrogen and oxygen atoms in total. The minimum Gasteiger partial charge on any atom is -0.507 e. The highest BCUT2D eigenvalue weighted by Gasteiger charge is 2.15. The molecule has 2 aromatic rings. The fourth-order valence-electron chi connectivity index (χ4n) is 3.08. The highest BCUT2D eigenvalue weighted by atomic mass is 16.5. The molecule has 0 bridgehead atoms. The number of aromatic hydroxyl groups is 2. The molecule has 0 unspecified atom stereocenters. The molecule has 29 heavy (non-hydrogen) atoms. The summed E-state index contributed by atoms with van der Waals surface area (Å²) >= 11 is 0. The highest BCUT2D eigenvalue weighted by molar-refractivity contribution is 5.99. The van der Waals surface area contributed by atoms with Crippen molar-refractivity contribution in [3.05, 3.63) is 47.5 Å². The zero-order valence-corrected chi connectivity index (χ0v) is 17.2. The van der Waals surface area contributed by atoms with Crippen molar-refractivity contribution in [3.8, 4) is 23.0 Å². The normalized spacial score (nSPS) is 10.7. The van der Waals surface area contributed by atoms with E-state index >= 15 is 0 Å². The van der Waals surface area contributed by atoms with Gasteiger partial charge in [0.25, 0.3) is 0 Å². The Morgan fingerprint density at radius 2 is 1.14 bits per heavy atom. The summed E-state index contributed by atoms with van der Waals surface area (Å²) in [7, 11) is 0. The Labute approximate surface area is 172 Å². The maximum Gasteiger partial charge on any atom is 0.166 e. The van der Waals surface area contributed by atoms with Gasteiger partial charge in [0.1, 0.15) is 23.0 Å². The number of ether oxygens (including phenoxy) is 1. The Hall–Kier alpha value is -2.82. The van der Waals surface area contributed by atoms with Crippen LogP contribution in [-0.4, -0.2) is 21.8 Å². The Bertz CT molecular complexity index is 772. The predicted octanol–water partition coefficient (Wildman–Crippen LogP) is 6.42. The molecular weight excluding hydrogens is 368 g/mol. The Balaban J connectivity index is 2.15. The van der Waals surface area contributed by atoms with Crippen molar-refractivity contribution in [3.63, 3.8) is 0 Å². The smallest absolute Gasteiger partial charge is 0.166 e. The third kappa shape index (κ3) is 6.63. The standard InChI is InChI=1S/C24H30O5/c1-3-5-7-9-21(25)19-15-17(11-13-23(19)27)29-18-12-14-24(28)20(16-18)22(26)10-8-6-4-2/h11-16,27-28H,3-10H2,1-2H3. The molecule has 0 spiro atoms. The third-order valence-electron chi connectivity index (χ3n) is 4.79. The number of phenols is 2. The van der Waals surface area contributed by atoms with E-state index in [0.29, 0.717) is 24.3 Å². The van der Waals surface area contributed by atoms with Crippen LogP contribution in [0.25, 0.3) is 0 Å². The first kappa shape index (κ1) is 22.5. The lowest BCUT2D eigenvalue weighted by Gasteiger charge is -2.11. The summed E-state index contributed by atoms with van der Waals surface area (Å²) in [5.41, 5.74) is 0.460. The molecule has 0 aliphatic carbocycles. The minimum absolute atomic E-state index is 0.0728. The van der Waals surface area contributed by atoms with Crippen molar-refractivity contribution in [2.75, 3.05) is 0 Å². The molecule has 0 heterocycles. The zero-order valence-electron chi connectivity index (χ0n) is 17.2. The van der Waals surface area contributed by atoms with E-state index in [1.807, 2.05) is 0 Å². The fraction of sp³-hybridized carbons (Fsp3) is 0.417. The van der Waals surface area contributed by atoms with Gasteiger partial charge in [0.15, 0.2) is 11.6 Å². The van der Waals surface area contributed by atoms with Gasteiger partial charge in [-0.1, -0.05) is 39.5 Å². The molecule has 0 fully saturated rings. The average molecular weight is 398 g/mol. The van der Waals surface area contributed by atoms with E-state index in [4.69, 9.17) is 4.74 Å². The number of hydrogen-bond acceptors (Lipinski definition) is 5. The van der Waals surface area contributed by atoms with Crippen LogP contribution in [0.5, 0.6) is 23.0 Å². The number of unbranched alkanes of at least 4 members (excludes halogenated alkanes) is 4. The van der Waals surface area contributed by atoms with E-state index in [1.165, 1.54) is 24.3 Å². The highest BCUT2D eigenvalue weighted by Crippen LogP contribution is 2.31. The van der Waals surface area contributed by atoms with Crippen LogP contribution in [-0.2, 0) is 0 Å². The van der Waals surface area contributed by atoms with Gasteiger partial charge in [-0.05, 0) is 49.2 Å². The van der Waals surface area contributed by atoms with Crippen LogP contribution in [0.1, 0.15) is 85.9 Å². The summed E-state index contributed by atoms with van der Waals surface area (Å²) in [4.78, 5) is 24.7. The lowest BCUT2D eigenvalue weighted by Crippen LogP contribution is -2.01. The number of rotatable bonds is 12. The van der Waals surface area contributed by atoms with E-state index in [0.717, 1.165) is 38.5 Å². The van der Waals surface area contributed by atoms with Crippen molar-refractivity contribution in [1.29, 1.82) is 0 Å². The van der Waals surface area contributed by atoms with Crippen LogP contribution in [0, 0.1) is 0 Å². The Morgan fingerprint density at radius 1 is 0.724 bits per heavy atom. The molecule has 0 radical (unpaired) electrons. The van der Waals surface area contributed by atoms with Crippen LogP contribution in [0.3, 0.4) is 0 Å². The first-order valence-electron chi connectivity index (χ1n) is 10.4. The molecule has 0 atom stereocenters. The summed E-state index contributed by atoms with van der Waals surface area (Å²) in [6.45, 7) is 4.13. The van der Waals surface area contributed by atoms with E-state index in [1.54, 1.807) is 12.1 Å². The van der Waals surface area contributed by atoms with Crippen molar-refractivity contribution >= 4 is 11.6 Å². The number of carbonyl (C=O) groups excluding carboxylic acids is 2. The Morgan fingerprint density at radius 3 is 1.52 bits per heavy atom. The minimum atomic E-state index is -0.126. The first-order valence-corrected chi connectivity index (χ1v) is 10.4. The molecule has 5 heteroatoms. The molecule has 0 saturated heterocycles. The maximum atomic E-state index is 12.4. The molecule has 0 aliphatic rings. The molecule has 2 N–H and O–H groups in total. The maximum absolute atomic E-state index is 12.4. The Kier molecular flexibility index (Phi) is 8.71. The van der Waals surface area contributed by atoms with Crippen LogP contribution < -0.4 is 4.74 Å². The van der Waals surface area contributed by atoms with Crippen LogP contribution in [0.4, 0.5) is 0 Å². The molecular formula is C24H30O5. The summed E-state index contributed by atoms with van der Waals surface area (Å²) in [5.74, 6) is 0.374. The average Bonchev–Trinajstić information content (AvgIpc) is 2.71. The summed E-state index contributed by atoms with van der Waals surface area (Å²) in [6, 6.07) is 9.01. The number of hydrogen-bond donors (Lipinski definition) is 2. The van der Waals surface area contributed by atoms with Crippen LogP contribution in [0.2, 0.25) is 0 Å². The third-order valence-corrected chi connectivity index (χ3v) is 4.79. The summed E-state index contributed by atoms with van der Waals surface area (Å²) in [5, 5.41) is 20.1. The monoisotopic (exact) mass is 398 g/mol. The summed E-state index contributed by atoms with van der Waals surface area (Å²) < 4.78 is 5.79. The number of benzene rings is 2. The molecule has 0 aliphatic heterocycles. The lowest BCUT2D eigenvalue weighted by molar-refractivity contribution is 0.0968. The first-order chi connectivity index (χ1) is 14.0. The van der Waals surface area contributed by atoms with E-state index < -0.39 is 0 Å². The van der Waals surface area contributed by atoms with E-state index in [-0.39, 0.29) is 34.2 Å². The van der Waals surface area contributed by atoms with Crippen molar-refractivity contribution < 1.29 is 24.5 Å². The van der Waals surface area contributed by atoms with Crippen LogP contribution in [0.15, 0.2) is 36.4 Å². The second-order valence-corrected chi connectivity index (χ2v) is 7.22. The van der Waals surface area contributed by atoms with Crippen molar-refractivity contribution in [2.24, 2.45) is 0 Å². The van der Waals surface area contributed by atoms with Gasteiger partial charge in [-0.3, -0.25) is 9.59 Å². The number of ketones is 2. The van der Waals surface area contributed by atoms with Gasteiger partial charge in [0.05, 0.1) is 11.1 Å². The van der Waals surface area contributed by atoms with Gasteiger partial charge in [-0.25, -0.2) is 0 Å². The van der Waals surface area contributed by atoms with Gasteiger partial charge in [-0.15, -0.1) is 0 Å². The van der Waals surface area contributed by atoms with E-state index in [2.05, 4.69) is 13.8 Å². The molecule has 0 saturated carbocycles. The van der Waals surface area contributed by atoms with Gasteiger partial charge in [0.2, 0.25) is 0 Å². The summed E-state index contributed by atoms with van der Waals surface area (Å²) in [6.07, 6.45) is 6.27. The molecule has 156 valence electrons. The van der Waals surface area contributed by atoms with E-state index in [9.17, 15) is 19.8 Å². The number of Topliss-reactive ketones (excluding diaryl/α,β-unsaturated/α-hetero) is 2. The lowest BCUT2D eigenvalue weighted by atomic mass is 10.0. The molecule has 2 aromatic carbocycles. The zero-order chi connectivity index (χ0) is 21.2. The van der Waals surface area contributed by atoms with Gasteiger partial charge in [0, 0.05) is 12.8 Å². The molecule has 0 amide bonds. The number of carbonyl (C=O) groups is 2. The van der Waals surface area contributed by atoms with Crippen molar-refractivity contribution in [2.45, 2.75) is 65.2 Å². The van der Waals surface area contributed by atoms with Gasteiger partial charge in [-0.2, -0.15) is 0 Å².